The second-order valence-electron chi connectivity index (χ2n) is 8.16. The van der Waals surface area contributed by atoms with E-state index in [4.69, 9.17) is 0 Å². The summed E-state index contributed by atoms with van der Waals surface area (Å²) in [6.07, 6.45) is 5.48. The summed E-state index contributed by atoms with van der Waals surface area (Å²) in [6, 6.07) is 12.9. The fourth-order valence-electron chi connectivity index (χ4n) is 3.64. The van der Waals surface area contributed by atoms with Gasteiger partial charge in [0.15, 0.2) is 5.78 Å². The van der Waals surface area contributed by atoms with Crippen LogP contribution in [0.25, 0.3) is 12.2 Å². The van der Waals surface area contributed by atoms with E-state index in [0.29, 0.717) is 35.1 Å². The lowest BCUT2D eigenvalue weighted by Crippen LogP contribution is -2.30. The van der Waals surface area contributed by atoms with Crippen LogP contribution in [0.2, 0.25) is 0 Å². The third kappa shape index (κ3) is 4.30. The van der Waals surface area contributed by atoms with Crippen molar-refractivity contribution in [2.45, 2.75) is 40.0 Å². The first-order chi connectivity index (χ1) is 13.3. The lowest BCUT2D eigenvalue weighted by Gasteiger charge is -2.37. The summed E-state index contributed by atoms with van der Waals surface area (Å²) in [7, 11) is 0. The summed E-state index contributed by atoms with van der Waals surface area (Å²) in [6.45, 7) is 6.51. The SMILES string of the molecule is CCC(C)(C)C1C/C(=C\c2ccccc2F)C(=O)/C(=C/c2ccccc2F)C1. The fraction of sp³-hybridized carbons (Fsp3) is 0.320. The van der Waals surface area contributed by atoms with Gasteiger partial charge in [0.05, 0.1) is 0 Å². The number of carbonyl (C=O) groups excluding carboxylic acids is 1. The molecule has 28 heavy (non-hydrogen) atoms. The molecule has 0 atom stereocenters. The Bertz CT molecular complexity index is 870. The highest BCUT2D eigenvalue weighted by molar-refractivity contribution is 6.14. The number of allylic oxidation sites excluding steroid dienone is 2. The summed E-state index contributed by atoms with van der Waals surface area (Å²) in [5, 5.41) is 0. The molecule has 2 aromatic carbocycles. The van der Waals surface area contributed by atoms with Gasteiger partial charge in [-0.1, -0.05) is 63.6 Å². The molecule has 1 nitrogen and oxygen atoms in total. The quantitative estimate of drug-likeness (QED) is 0.530. The molecular formula is C25H26F2O. The first kappa shape index (κ1) is 20.2. The minimum absolute atomic E-state index is 0.0172. The largest absolute Gasteiger partial charge is 0.289 e. The highest BCUT2D eigenvalue weighted by atomic mass is 19.1. The minimum Gasteiger partial charge on any atom is -0.289 e. The lowest BCUT2D eigenvalue weighted by molar-refractivity contribution is -0.113. The molecule has 0 aliphatic heterocycles. The number of benzene rings is 2. The van der Waals surface area contributed by atoms with Gasteiger partial charge in [-0.2, -0.15) is 0 Å². The highest BCUT2D eigenvalue weighted by Crippen LogP contribution is 2.44. The molecule has 0 amide bonds. The van der Waals surface area contributed by atoms with Gasteiger partial charge in [0.2, 0.25) is 0 Å². The number of rotatable bonds is 4. The third-order valence-electron chi connectivity index (χ3n) is 6.00. The van der Waals surface area contributed by atoms with Crippen LogP contribution in [0.15, 0.2) is 59.7 Å². The van der Waals surface area contributed by atoms with E-state index in [1.54, 1.807) is 48.6 Å². The fourth-order valence-corrected chi connectivity index (χ4v) is 3.64. The Kier molecular flexibility index (Phi) is 5.93. The van der Waals surface area contributed by atoms with Crippen LogP contribution >= 0.6 is 0 Å². The molecule has 1 aliphatic rings. The van der Waals surface area contributed by atoms with Crippen molar-refractivity contribution in [3.05, 3.63) is 82.4 Å². The van der Waals surface area contributed by atoms with Crippen LogP contribution in [0.4, 0.5) is 8.78 Å². The average Bonchev–Trinajstić information content (AvgIpc) is 2.68. The molecule has 1 fully saturated rings. The molecule has 2 aromatic rings. The van der Waals surface area contributed by atoms with Crippen molar-refractivity contribution in [3.63, 3.8) is 0 Å². The second kappa shape index (κ2) is 8.22. The van der Waals surface area contributed by atoms with Gasteiger partial charge in [0.1, 0.15) is 11.6 Å². The van der Waals surface area contributed by atoms with Crippen LogP contribution in [-0.2, 0) is 4.79 Å². The maximum atomic E-state index is 14.1. The molecule has 3 rings (SSSR count). The molecule has 1 saturated carbocycles. The predicted octanol–water partition coefficient (Wildman–Crippen LogP) is 6.85. The average molecular weight is 380 g/mol. The first-order valence-corrected chi connectivity index (χ1v) is 9.76. The molecule has 146 valence electrons. The monoisotopic (exact) mass is 380 g/mol. The van der Waals surface area contributed by atoms with Crippen molar-refractivity contribution in [1.82, 2.24) is 0 Å². The topological polar surface area (TPSA) is 17.1 Å². The molecular weight excluding hydrogens is 354 g/mol. The van der Waals surface area contributed by atoms with Crippen molar-refractivity contribution in [1.29, 1.82) is 0 Å². The molecule has 0 spiro atoms. The standard InChI is InChI=1S/C25H26F2O/c1-4-25(2,3)21-15-19(13-17-9-5-7-11-22(17)26)24(28)20(16-21)14-18-10-6-8-12-23(18)27/h5-14,21H,4,15-16H2,1-3H3/b19-13+,20-14+. The van der Waals surface area contributed by atoms with Crippen molar-refractivity contribution < 1.29 is 13.6 Å². The van der Waals surface area contributed by atoms with Crippen molar-refractivity contribution in [2.24, 2.45) is 11.3 Å². The summed E-state index contributed by atoms with van der Waals surface area (Å²) in [5.41, 5.74) is 2.01. The van der Waals surface area contributed by atoms with E-state index in [9.17, 15) is 13.6 Å². The van der Waals surface area contributed by atoms with Crippen LogP contribution in [0, 0.1) is 23.0 Å². The lowest BCUT2D eigenvalue weighted by atomic mass is 9.66. The molecule has 0 radical (unpaired) electrons. The maximum Gasteiger partial charge on any atom is 0.185 e. The van der Waals surface area contributed by atoms with Gasteiger partial charge in [0.25, 0.3) is 0 Å². The van der Waals surface area contributed by atoms with Gasteiger partial charge in [-0.3, -0.25) is 4.79 Å². The Morgan fingerprint density at radius 1 is 0.893 bits per heavy atom. The van der Waals surface area contributed by atoms with Crippen molar-refractivity contribution >= 4 is 17.9 Å². The molecule has 0 unspecified atom stereocenters. The zero-order chi connectivity index (χ0) is 20.3. The molecule has 0 bridgehead atoms. The molecule has 3 heteroatoms. The third-order valence-corrected chi connectivity index (χ3v) is 6.00. The van der Waals surface area contributed by atoms with Crippen LogP contribution in [0.1, 0.15) is 51.2 Å². The van der Waals surface area contributed by atoms with E-state index in [2.05, 4.69) is 20.8 Å². The minimum atomic E-state index is -0.348. The molecule has 0 N–H and O–H groups in total. The smallest absolute Gasteiger partial charge is 0.185 e. The second-order valence-corrected chi connectivity index (χ2v) is 8.16. The number of Topliss-reactive ketones (excluding diaryl/α,β-unsaturated/α-hetero) is 1. The van der Waals surface area contributed by atoms with Gasteiger partial charge in [-0.15, -0.1) is 0 Å². The van der Waals surface area contributed by atoms with Crippen LogP contribution in [0.3, 0.4) is 0 Å². The first-order valence-electron chi connectivity index (χ1n) is 9.76. The molecule has 1 aliphatic carbocycles. The number of hydrogen-bond donors (Lipinski definition) is 0. The number of carbonyl (C=O) groups is 1. The number of ketones is 1. The van der Waals surface area contributed by atoms with E-state index in [-0.39, 0.29) is 28.8 Å². The summed E-state index contributed by atoms with van der Waals surface area (Å²) in [4.78, 5) is 13.1. The molecule has 0 aromatic heterocycles. The zero-order valence-corrected chi connectivity index (χ0v) is 16.6. The Labute approximate surface area is 165 Å². The van der Waals surface area contributed by atoms with E-state index < -0.39 is 0 Å². The molecule has 0 saturated heterocycles. The number of halogens is 2. The summed E-state index contributed by atoms with van der Waals surface area (Å²) >= 11 is 0. The van der Waals surface area contributed by atoms with Gasteiger partial charge >= 0.3 is 0 Å². The van der Waals surface area contributed by atoms with Crippen LogP contribution in [0.5, 0.6) is 0 Å². The number of hydrogen-bond acceptors (Lipinski definition) is 1. The van der Waals surface area contributed by atoms with Crippen molar-refractivity contribution in [2.75, 3.05) is 0 Å². The van der Waals surface area contributed by atoms with Gasteiger partial charge in [0, 0.05) is 22.3 Å². The van der Waals surface area contributed by atoms with Gasteiger partial charge < -0.3 is 0 Å². The highest BCUT2D eigenvalue weighted by Gasteiger charge is 2.36. The Morgan fingerprint density at radius 2 is 1.32 bits per heavy atom. The predicted molar refractivity (Wildman–Crippen MR) is 111 cm³/mol. The van der Waals surface area contributed by atoms with Crippen LogP contribution < -0.4 is 0 Å². The van der Waals surface area contributed by atoms with E-state index in [1.165, 1.54) is 12.1 Å². The Balaban J connectivity index is 2.06. The van der Waals surface area contributed by atoms with Gasteiger partial charge in [-0.25, -0.2) is 8.78 Å². The summed E-state index contributed by atoms with van der Waals surface area (Å²) < 4.78 is 28.3. The zero-order valence-electron chi connectivity index (χ0n) is 16.6. The van der Waals surface area contributed by atoms with E-state index >= 15 is 0 Å². The van der Waals surface area contributed by atoms with Gasteiger partial charge in [-0.05, 0) is 48.5 Å². The maximum absolute atomic E-state index is 14.1. The van der Waals surface area contributed by atoms with E-state index in [1.807, 2.05) is 0 Å². The van der Waals surface area contributed by atoms with E-state index in [0.717, 1.165) is 6.42 Å². The van der Waals surface area contributed by atoms with Crippen molar-refractivity contribution in [3.8, 4) is 0 Å². The Morgan fingerprint density at radius 3 is 1.71 bits per heavy atom. The normalized spacial score (nSPS) is 20.8. The summed E-state index contributed by atoms with van der Waals surface area (Å²) in [5.74, 6) is -0.584. The molecule has 0 heterocycles. The van der Waals surface area contributed by atoms with Crippen LogP contribution in [-0.4, -0.2) is 5.78 Å². The Hall–Kier alpha value is -2.55.